The summed E-state index contributed by atoms with van der Waals surface area (Å²) in [6, 6.07) is 7.01. The van der Waals surface area contributed by atoms with Crippen LogP contribution >= 0.6 is 12.4 Å². The molecule has 1 aromatic carbocycles. The molecule has 2 N–H and O–H groups in total. The molecule has 28 heavy (non-hydrogen) atoms. The molecule has 1 fully saturated rings. The van der Waals surface area contributed by atoms with Gasteiger partial charge in [0.2, 0.25) is 0 Å². The maximum absolute atomic E-state index is 12.8. The van der Waals surface area contributed by atoms with Crippen molar-refractivity contribution in [1.82, 2.24) is 20.6 Å². The van der Waals surface area contributed by atoms with Crippen LogP contribution in [0.5, 0.6) is 0 Å². The van der Waals surface area contributed by atoms with Crippen LogP contribution in [0.25, 0.3) is 0 Å². The van der Waals surface area contributed by atoms with Gasteiger partial charge < -0.3 is 15.4 Å². The number of carbonyl (C=O) groups is 2. The number of aryl methyl sites for hydroxylation is 1. The maximum atomic E-state index is 12.8. The molecule has 0 unspecified atom stereocenters. The summed E-state index contributed by atoms with van der Waals surface area (Å²) in [4.78, 5) is 33.2. The SMILES string of the molecule is COC(=O)c1cccc(CNC(=O)c2cnc(C)nc2C2CCNCC2)c1.Cl. The van der Waals surface area contributed by atoms with Crippen molar-refractivity contribution in [3.05, 3.63) is 58.7 Å². The number of hydrogen-bond donors (Lipinski definition) is 2. The van der Waals surface area contributed by atoms with Crippen molar-refractivity contribution < 1.29 is 14.3 Å². The molecule has 0 saturated carbocycles. The Hall–Kier alpha value is -2.51. The van der Waals surface area contributed by atoms with Gasteiger partial charge >= 0.3 is 5.97 Å². The molecule has 0 atom stereocenters. The lowest BCUT2D eigenvalue weighted by molar-refractivity contribution is 0.0600. The molecular weight excluding hydrogens is 380 g/mol. The number of nitrogens with zero attached hydrogens (tertiary/aromatic N) is 2. The van der Waals surface area contributed by atoms with Crippen molar-refractivity contribution >= 4 is 24.3 Å². The fourth-order valence-electron chi connectivity index (χ4n) is 3.27. The van der Waals surface area contributed by atoms with Crippen molar-refractivity contribution in [2.24, 2.45) is 0 Å². The molecule has 3 rings (SSSR count). The van der Waals surface area contributed by atoms with Crippen molar-refractivity contribution in [2.45, 2.75) is 32.2 Å². The van der Waals surface area contributed by atoms with E-state index in [1.54, 1.807) is 24.4 Å². The quantitative estimate of drug-likeness (QED) is 0.743. The van der Waals surface area contributed by atoms with Gasteiger partial charge in [0.1, 0.15) is 5.82 Å². The number of hydrogen-bond acceptors (Lipinski definition) is 6. The van der Waals surface area contributed by atoms with Gasteiger partial charge in [-0.25, -0.2) is 14.8 Å². The molecule has 2 heterocycles. The Labute approximate surface area is 170 Å². The number of halogens is 1. The van der Waals surface area contributed by atoms with E-state index in [4.69, 9.17) is 4.74 Å². The van der Waals surface area contributed by atoms with Crippen LogP contribution in [-0.2, 0) is 11.3 Å². The second-order valence-electron chi connectivity index (χ2n) is 6.62. The summed E-state index contributed by atoms with van der Waals surface area (Å²) in [5, 5.41) is 6.24. The number of amides is 1. The van der Waals surface area contributed by atoms with Crippen molar-refractivity contribution in [1.29, 1.82) is 0 Å². The normalized spacial score (nSPS) is 14.1. The van der Waals surface area contributed by atoms with Gasteiger partial charge in [-0.05, 0) is 50.6 Å². The van der Waals surface area contributed by atoms with Crippen molar-refractivity contribution in [3.8, 4) is 0 Å². The molecule has 1 saturated heterocycles. The zero-order chi connectivity index (χ0) is 19.2. The van der Waals surface area contributed by atoms with Gasteiger partial charge in [0.15, 0.2) is 0 Å². The number of piperidine rings is 1. The molecule has 0 radical (unpaired) electrons. The number of aromatic nitrogens is 2. The molecule has 0 aliphatic carbocycles. The first-order valence-electron chi connectivity index (χ1n) is 9.08. The van der Waals surface area contributed by atoms with Crippen molar-refractivity contribution in [2.75, 3.05) is 20.2 Å². The topological polar surface area (TPSA) is 93.2 Å². The minimum Gasteiger partial charge on any atom is -0.465 e. The Morgan fingerprint density at radius 2 is 2.04 bits per heavy atom. The summed E-state index contributed by atoms with van der Waals surface area (Å²) in [6.07, 6.45) is 3.52. The van der Waals surface area contributed by atoms with Crippen molar-refractivity contribution in [3.63, 3.8) is 0 Å². The smallest absolute Gasteiger partial charge is 0.337 e. The first-order valence-corrected chi connectivity index (χ1v) is 9.08. The van der Waals surface area contributed by atoms with E-state index >= 15 is 0 Å². The number of methoxy groups -OCH3 is 1. The summed E-state index contributed by atoms with van der Waals surface area (Å²) < 4.78 is 4.73. The van der Waals surface area contributed by atoms with Crippen LogP contribution in [0.2, 0.25) is 0 Å². The molecular formula is C20H25ClN4O3. The van der Waals surface area contributed by atoms with Gasteiger partial charge in [-0.1, -0.05) is 12.1 Å². The molecule has 1 aliphatic rings. The van der Waals surface area contributed by atoms with Gasteiger partial charge in [0.05, 0.1) is 23.9 Å². The van der Waals surface area contributed by atoms with E-state index in [-0.39, 0.29) is 24.2 Å². The summed E-state index contributed by atoms with van der Waals surface area (Å²) in [5.74, 6) is 0.331. The Morgan fingerprint density at radius 1 is 1.29 bits per heavy atom. The predicted molar refractivity (Wildman–Crippen MR) is 108 cm³/mol. The number of rotatable bonds is 5. The molecule has 8 heteroatoms. The van der Waals surface area contributed by atoms with Crippen LogP contribution in [-0.4, -0.2) is 42.0 Å². The Morgan fingerprint density at radius 3 is 2.75 bits per heavy atom. The number of ether oxygens (including phenoxy) is 1. The lowest BCUT2D eigenvalue weighted by atomic mass is 9.91. The molecule has 0 spiro atoms. The third-order valence-corrected chi connectivity index (χ3v) is 4.71. The van der Waals surface area contributed by atoms with Crippen LogP contribution in [0.15, 0.2) is 30.5 Å². The monoisotopic (exact) mass is 404 g/mol. The maximum Gasteiger partial charge on any atom is 0.337 e. The zero-order valence-electron chi connectivity index (χ0n) is 16.0. The van der Waals surface area contributed by atoms with E-state index in [9.17, 15) is 9.59 Å². The van der Waals surface area contributed by atoms with Crippen LogP contribution in [0, 0.1) is 6.92 Å². The van der Waals surface area contributed by atoms with E-state index in [1.165, 1.54) is 7.11 Å². The number of esters is 1. The lowest BCUT2D eigenvalue weighted by Gasteiger charge is -2.24. The largest absolute Gasteiger partial charge is 0.465 e. The Bertz CT molecular complexity index is 838. The van der Waals surface area contributed by atoms with Gasteiger partial charge in [-0.15, -0.1) is 12.4 Å². The zero-order valence-corrected chi connectivity index (χ0v) is 16.8. The summed E-state index contributed by atoms with van der Waals surface area (Å²) in [5.41, 5.74) is 2.63. The van der Waals surface area contributed by atoms with E-state index in [0.717, 1.165) is 37.2 Å². The number of nitrogens with one attached hydrogen (secondary N) is 2. The van der Waals surface area contributed by atoms with Crippen LogP contribution in [0.1, 0.15) is 56.6 Å². The van der Waals surface area contributed by atoms with Gasteiger partial charge in [0, 0.05) is 18.7 Å². The Kier molecular flexibility index (Phi) is 7.90. The first-order chi connectivity index (χ1) is 13.1. The molecule has 0 bridgehead atoms. The van der Waals surface area contributed by atoms with Crippen LogP contribution in [0.3, 0.4) is 0 Å². The molecule has 2 aromatic rings. The Balaban J connectivity index is 0.00000280. The number of carbonyl (C=O) groups excluding carboxylic acids is 2. The highest BCUT2D eigenvalue weighted by Crippen LogP contribution is 2.26. The van der Waals surface area contributed by atoms with E-state index in [1.807, 2.05) is 13.0 Å². The highest BCUT2D eigenvalue weighted by Gasteiger charge is 2.23. The predicted octanol–water partition coefficient (Wildman–Crippen LogP) is 2.39. The van der Waals surface area contributed by atoms with E-state index in [2.05, 4.69) is 20.6 Å². The van der Waals surface area contributed by atoms with Crippen LogP contribution < -0.4 is 10.6 Å². The third-order valence-electron chi connectivity index (χ3n) is 4.71. The lowest BCUT2D eigenvalue weighted by Crippen LogP contribution is -2.30. The molecule has 1 amide bonds. The van der Waals surface area contributed by atoms with Gasteiger partial charge in [0.25, 0.3) is 5.91 Å². The fourth-order valence-corrected chi connectivity index (χ4v) is 3.27. The molecule has 7 nitrogen and oxygen atoms in total. The van der Waals surface area contributed by atoms with Gasteiger partial charge in [-0.2, -0.15) is 0 Å². The van der Waals surface area contributed by atoms with E-state index in [0.29, 0.717) is 23.5 Å². The minimum atomic E-state index is -0.400. The first kappa shape index (κ1) is 21.8. The summed E-state index contributed by atoms with van der Waals surface area (Å²) in [7, 11) is 1.34. The fraction of sp³-hybridized carbons (Fsp3) is 0.400. The van der Waals surface area contributed by atoms with Crippen LogP contribution in [0.4, 0.5) is 0 Å². The molecule has 150 valence electrons. The molecule has 1 aliphatic heterocycles. The minimum absolute atomic E-state index is 0. The second-order valence-corrected chi connectivity index (χ2v) is 6.62. The average molecular weight is 405 g/mol. The van der Waals surface area contributed by atoms with E-state index < -0.39 is 5.97 Å². The van der Waals surface area contributed by atoms with Gasteiger partial charge in [-0.3, -0.25) is 4.79 Å². The highest BCUT2D eigenvalue weighted by molar-refractivity contribution is 5.95. The average Bonchev–Trinajstić information content (AvgIpc) is 2.72. The second kappa shape index (κ2) is 10.1. The summed E-state index contributed by atoms with van der Waals surface area (Å²) >= 11 is 0. The highest BCUT2D eigenvalue weighted by atomic mass is 35.5. The standard InChI is InChI=1S/C20H24N4O3.ClH/c1-13-22-12-17(18(24-13)15-6-8-21-9-7-15)19(25)23-11-14-4-3-5-16(10-14)20(26)27-2;/h3-5,10,12,15,21H,6-9,11H2,1-2H3,(H,23,25);1H. The number of benzene rings is 1. The third kappa shape index (κ3) is 5.27. The summed E-state index contributed by atoms with van der Waals surface area (Å²) in [6.45, 7) is 4.00. The molecule has 1 aromatic heterocycles.